The van der Waals surface area contributed by atoms with Gasteiger partial charge in [-0.15, -0.1) is 0 Å². The van der Waals surface area contributed by atoms with Gasteiger partial charge in [0.25, 0.3) is 0 Å². The maximum atomic E-state index is 5.65. The Balaban J connectivity index is 1.81. The van der Waals surface area contributed by atoms with Gasteiger partial charge in [0, 0.05) is 49.9 Å². The lowest BCUT2D eigenvalue weighted by molar-refractivity contribution is 0.0485. The Labute approximate surface area is 161 Å². The summed E-state index contributed by atoms with van der Waals surface area (Å²) in [5, 5.41) is 12.5. The van der Waals surface area contributed by atoms with E-state index in [0.717, 1.165) is 44.1 Å². The highest BCUT2D eigenvalue weighted by molar-refractivity contribution is 5.24. The maximum Gasteiger partial charge on any atom is 0.244 e. The summed E-state index contributed by atoms with van der Waals surface area (Å²) < 4.78 is 13.1. The number of rotatable bonds is 6. The van der Waals surface area contributed by atoms with Gasteiger partial charge in [0.1, 0.15) is 0 Å². The maximum absolute atomic E-state index is 5.65. The SMILES string of the molecule is CC(C)c1noc([C@@H](NCc2cn(C)nc2C(C)(C)C)C2CCOCC2)n1. The van der Waals surface area contributed by atoms with Crippen LogP contribution in [0.15, 0.2) is 10.7 Å². The van der Waals surface area contributed by atoms with Crippen molar-refractivity contribution in [1.29, 1.82) is 0 Å². The first-order chi connectivity index (χ1) is 12.8. The van der Waals surface area contributed by atoms with E-state index >= 15 is 0 Å². The second-order valence-electron chi connectivity index (χ2n) is 8.88. The second-order valence-corrected chi connectivity index (χ2v) is 8.88. The molecule has 0 aromatic carbocycles. The molecule has 0 aliphatic carbocycles. The third kappa shape index (κ3) is 4.76. The smallest absolute Gasteiger partial charge is 0.244 e. The molecule has 1 saturated heterocycles. The van der Waals surface area contributed by atoms with Crippen molar-refractivity contribution in [2.75, 3.05) is 13.2 Å². The van der Waals surface area contributed by atoms with Gasteiger partial charge in [0.05, 0.1) is 11.7 Å². The van der Waals surface area contributed by atoms with Crippen molar-refractivity contribution in [3.63, 3.8) is 0 Å². The molecule has 1 aliphatic heterocycles. The molecular weight excluding hydrogens is 342 g/mol. The first-order valence-corrected chi connectivity index (χ1v) is 9.93. The number of aryl methyl sites for hydroxylation is 1. The van der Waals surface area contributed by atoms with E-state index in [1.54, 1.807) is 0 Å². The fraction of sp³-hybridized carbons (Fsp3) is 0.750. The Morgan fingerprint density at radius 2 is 1.96 bits per heavy atom. The van der Waals surface area contributed by atoms with Gasteiger partial charge >= 0.3 is 0 Å². The molecule has 3 rings (SSSR count). The molecule has 1 aliphatic rings. The van der Waals surface area contributed by atoms with E-state index in [1.807, 2.05) is 11.7 Å². The van der Waals surface area contributed by atoms with E-state index < -0.39 is 0 Å². The molecule has 0 saturated carbocycles. The molecule has 1 fully saturated rings. The second kappa shape index (κ2) is 8.10. The molecule has 1 N–H and O–H groups in total. The summed E-state index contributed by atoms with van der Waals surface area (Å²) in [6.07, 6.45) is 4.09. The van der Waals surface area contributed by atoms with Crippen molar-refractivity contribution in [3.05, 3.63) is 29.2 Å². The predicted octanol–water partition coefficient (Wildman–Crippen LogP) is 3.48. The van der Waals surface area contributed by atoms with Crippen molar-refractivity contribution in [2.45, 2.75) is 71.4 Å². The van der Waals surface area contributed by atoms with Crippen LogP contribution in [-0.4, -0.2) is 33.1 Å². The minimum atomic E-state index is 0.00173. The summed E-state index contributed by atoms with van der Waals surface area (Å²) in [5.74, 6) is 2.13. The molecule has 150 valence electrons. The molecule has 3 heterocycles. The first kappa shape index (κ1) is 20.0. The van der Waals surface area contributed by atoms with Crippen LogP contribution in [0.4, 0.5) is 0 Å². The van der Waals surface area contributed by atoms with Crippen molar-refractivity contribution >= 4 is 0 Å². The number of aromatic nitrogens is 4. The molecular formula is C20H33N5O2. The zero-order valence-corrected chi connectivity index (χ0v) is 17.5. The van der Waals surface area contributed by atoms with E-state index in [0.29, 0.717) is 11.8 Å². The van der Waals surface area contributed by atoms with Crippen LogP contribution in [0.3, 0.4) is 0 Å². The normalized spacial score (nSPS) is 17.6. The van der Waals surface area contributed by atoms with Crippen LogP contribution in [0.5, 0.6) is 0 Å². The fourth-order valence-electron chi connectivity index (χ4n) is 3.63. The Morgan fingerprint density at radius 3 is 2.56 bits per heavy atom. The summed E-state index contributed by atoms with van der Waals surface area (Å²) in [7, 11) is 1.97. The molecule has 27 heavy (non-hydrogen) atoms. The molecule has 2 aromatic heterocycles. The number of hydrogen-bond acceptors (Lipinski definition) is 6. The number of ether oxygens (including phenoxy) is 1. The quantitative estimate of drug-likeness (QED) is 0.833. The molecule has 0 radical (unpaired) electrons. The standard InChI is InChI=1S/C20H33N5O2/c1-13(2)18-22-19(27-24-18)16(14-7-9-26-10-8-14)21-11-15-12-25(6)23-17(15)20(3,4)5/h12-14,16,21H,7-11H2,1-6H3/t16-/m0/s1. The molecule has 1 atom stereocenters. The Kier molecular flexibility index (Phi) is 6.01. The molecule has 0 spiro atoms. The van der Waals surface area contributed by atoms with Gasteiger partial charge in [-0.1, -0.05) is 39.8 Å². The lowest BCUT2D eigenvalue weighted by atomic mass is 9.88. The summed E-state index contributed by atoms with van der Waals surface area (Å²) in [5.41, 5.74) is 2.34. The minimum Gasteiger partial charge on any atom is -0.381 e. The number of nitrogens with one attached hydrogen (secondary N) is 1. The van der Waals surface area contributed by atoms with Crippen LogP contribution < -0.4 is 5.32 Å². The minimum absolute atomic E-state index is 0.00173. The third-order valence-corrected chi connectivity index (χ3v) is 5.10. The average molecular weight is 376 g/mol. The van der Waals surface area contributed by atoms with Crippen LogP contribution in [0.2, 0.25) is 0 Å². The zero-order chi connectivity index (χ0) is 19.6. The molecule has 2 aromatic rings. The van der Waals surface area contributed by atoms with Gasteiger partial charge < -0.3 is 14.6 Å². The average Bonchev–Trinajstić information content (AvgIpc) is 3.23. The first-order valence-electron chi connectivity index (χ1n) is 9.93. The van der Waals surface area contributed by atoms with E-state index in [1.165, 1.54) is 5.56 Å². The van der Waals surface area contributed by atoms with E-state index in [-0.39, 0.29) is 17.4 Å². The Morgan fingerprint density at radius 1 is 1.26 bits per heavy atom. The summed E-state index contributed by atoms with van der Waals surface area (Å²) in [6.45, 7) is 13.0. The molecule has 7 heteroatoms. The molecule has 0 bridgehead atoms. The summed E-state index contributed by atoms with van der Waals surface area (Å²) in [4.78, 5) is 4.67. The van der Waals surface area contributed by atoms with Crippen molar-refractivity contribution in [2.24, 2.45) is 13.0 Å². The van der Waals surface area contributed by atoms with Gasteiger partial charge in [-0.3, -0.25) is 4.68 Å². The summed E-state index contributed by atoms with van der Waals surface area (Å²) >= 11 is 0. The van der Waals surface area contributed by atoms with Gasteiger partial charge in [0.2, 0.25) is 5.89 Å². The predicted molar refractivity (Wildman–Crippen MR) is 103 cm³/mol. The van der Waals surface area contributed by atoms with Crippen LogP contribution in [0.1, 0.15) is 82.4 Å². The zero-order valence-electron chi connectivity index (χ0n) is 17.5. The van der Waals surface area contributed by atoms with Gasteiger partial charge in [-0.25, -0.2) is 0 Å². The van der Waals surface area contributed by atoms with Crippen molar-refractivity contribution in [3.8, 4) is 0 Å². The monoisotopic (exact) mass is 375 g/mol. The lowest BCUT2D eigenvalue weighted by Crippen LogP contribution is -2.32. The highest BCUT2D eigenvalue weighted by Gasteiger charge is 2.31. The van der Waals surface area contributed by atoms with Gasteiger partial charge in [-0.05, 0) is 18.8 Å². The molecule has 0 amide bonds. The Hall–Kier alpha value is -1.73. The van der Waals surface area contributed by atoms with Crippen molar-refractivity contribution < 1.29 is 9.26 Å². The third-order valence-electron chi connectivity index (χ3n) is 5.10. The topological polar surface area (TPSA) is 78.0 Å². The number of nitrogens with zero attached hydrogens (tertiary/aromatic N) is 4. The van der Waals surface area contributed by atoms with Crippen LogP contribution in [-0.2, 0) is 23.7 Å². The van der Waals surface area contributed by atoms with Gasteiger partial charge in [-0.2, -0.15) is 10.1 Å². The highest BCUT2D eigenvalue weighted by atomic mass is 16.5. The molecule has 7 nitrogen and oxygen atoms in total. The highest BCUT2D eigenvalue weighted by Crippen LogP contribution is 2.31. The van der Waals surface area contributed by atoms with E-state index in [4.69, 9.17) is 9.26 Å². The van der Waals surface area contributed by atoms with Crippen LogP contribution in [0.25, 0.3) is 0 Å². The van der Waals surface area contributed by atoms with Crippen LogP contribution in [0, 0.1) is 5.92 Å². The van der Waals surface area contributed by atoms with E-state index in [9.17, 15) is 0 Å². The summed E-state index contributed by atoms with van der Waals surface area (Å²) in [6, 6.07) is 0.0296. The lowest BCUT2D eigenvalue weighted by Gasteiger charge is -2.29. The Bertz CT molecular complexity index is 738. The fourth-order valence-corrected chi connectivity index (χ4v) is 3.63. The van der Waals surface area contributed by atoms with Crippen LogP contribution >= 0.6 is 0 Å². The molecule has 0 unspecified atom stereocenters. The van der Waals surface area contributed by atoms with E-state index in [2.05, 4.69) is 61.4 Å². The van der Waals surface area contributed by atoms with Crippen molar-refractivity contribution in [1.82, 2.24) is 25.2 Å². The largest absolute Gasteiger partial charge is 0.381 e. The van der Waals surface area contributed by atoms with Gasteiger partial charge in [0.15, 0.2) is 5.82 Å². The number of hydrogen-bond donors (Lipinski definition) is 1.